The molecule has 0 heterocycles. The SMILES string of the molecule is CN(O)Cc1cc(F)cc(F)c1O. The lowest BCUT2D eigenvalue weighted by Gasteiger charge is -2.09. The molecule has 0 aliphatic heterocycles. The summed E-state index contributed by atoms with van der Waals surface area (Å²) in [6.07, 6.45) is 0. The smallest absolute Gasteiger partial charge is 0.168 e. The van der Waals surface area contributed by atoms with Crippen LogP contribution < -0.4 is 0 Å². The van der Waals surface area contributed by atoms with Crippen LogP contribution in [0.1, 0.15) is 5.56 Å². The lowest BCUT2D eigenvalue weighted by Crippen LogP contribution is -2.12. The second kappa shape index (κ2) is 3.68. The van der Waals surface area contributed by atoms with Crippen molar-refractivity contribution in [3.05, 3.63) is 29.3 Å². The normalized spacial score (nSPS) is 10.8. The van der Waals surface area contributed by atoms with Crippen LogP contribution in [0.4, 0.5) is 8.78 Å². The molecule has 13 heavy (non-hydrogen) atoms. The molecule has 1 aromatic carbocycles. The maximum Gasteiger partial charge on any atom is 0.168 e. The summed E-state index contributed by atoms with van der Waals surface area (Å²) in [6, 6.07) is 1.54. The predicted molar refractivity (Wildman–Crippen MR) is 41.3 cm³/mol. The molecule has 0 radical (unpaired) electrons. The van der Waals surface area contributed by atoms with E-state index in [9.17, 15) is 8.78 Å². The van der Waals surface area contributed by atoms with Gasteiger partial charge in [-0.25, -0.2) is 8.78 Å². The average molecular weight is 189 g/mol. The zero-order chi connectivity index (χ0) is 10.0. The van der Waals surface area contributed by atoms with Crippen LogP contribution >= 0.6 is 0 Å². The Morgan fingerprint density at radius 2 is 2.00 bits per heavy atom. The summed E-state index contributed by atoms with van der Waals surface area (Å²) < 4.78 is 25.3. The topological polar surface area (TPSA) is 43.7 Å². The summed E-state index contributed by atoms with van der Waals surface area (Å²) in [5, 5.41) is 18.6. The number of nitrogens with zero attached hydrogens (tertiary/aromatic N) is 1. The Morgan fingerprint density at radius 1 is 1.38 bits per heavy atom. The van der Waals surface area contributed by atoms with Crippen LogP contribution in [0.3, 0.4) is 0 Å². The van der Waals surface area contributed by atoms with Gasteiger partial charge in [0.05, 0.1) is 6.54 Å². The third kappa shape index (κ3) is 2.37. The Labute approximate surface area is 73.8 Å². The van der Waals surface area contributed by atoms with Crippen LogP contribution in [0, 0.1) is 11.6 Å². The van der Waals surface area contributed by atoms with Gasteiger partial charge in [-0.1, -0.05) is 0 Å². The van der Waals surface area contributed by atoms with E-state index in [1.807, 2.05) is 0 Å². The Bertz CT molecular complexity index is 315. The fourth-order valence-corrected chi connectivity index (χ4v) is 0.986. The summed E-state index contributed by atoms with van der Waals surface area (Å²) in [6.45, 7) is -0.138. The molecule has 3 nitrogen and oxygen atoms in total. The molecular weight excluding hydrogens is 180 g/mol. The molecule has 0 spiro atoms. The highest BCUT2D eigenvalue weighted by atomic mass is 19.1. The molecule has 2 N–H and O–H groups in total. The first kappa shape index (κ1) is 9.88. The van der Waals surface area contributed by atoms with Gasteiger partial charge < -0.3 is 10.3 Å². The van der Waals surface area contributed by atoms with Gasteiger partial charge in [0.15, 0.2) is 11.6 Å². The van der Waals surface area contributed by atoms with Crippen molar-refractivity contribution in [2.75, 3.05) is 7.05 Å². The van der Waals surface area contributed by atoms with Gasteiger partial charge in [0.25, 0.3) is 0 Å². The highest BCUT2D eigenvalue weighted by Gasteiger charge is 2.10. The minimum absolute atomic E-state index is 0.00231. The molecule has 0 aromatic heterocycles. The van der Waals surface area contributed by atoms with Gasteiger partial charge in [-0.05, 0) is 6.07 Å². The Balaban J connectivity index is 3.05. The Kier molecular flexibility index (Phi) is 2.79. The summed E-state index contributed by atoms with van der Waals surface area (Å²) in [4.78, 5) is 0. The van der Waals surface area contributed by atoms with Crippen molar-refractivity contribution in [3.8, 4) is 5.75 Å². The van der Waals surface area contributed by atoms with Crippen LogP contribution in [0.2, 0.25) is 0 Å². The van der Waals surface area contributed by atoms with Crippen LogP contribution in [0.5, 0.6) is 5.75 Å². The lowest BCUT2D eigenvalue weighted by molar-refractivity contribution is -0.0736. The average Bonchev–Trinajstić information content (AvgIpc) is 1.98. The van der Waals surface area contributed by atoms with E-state index in [2.05, 4.69) is 0 Å². The number of hydrogen-bond acceptors (Lipinski definition) is 3. The third-order valence-electron chi connectivity index (χ3n) is 1.51. The summed E-state index contributed by atoms with van der Waals surface area (Å²) in [5.74, 6) is -2.45. The van der Waals surface area contributed by atoms with Crippen LogP contribution in [0.25, 0.3) is 0 Å². The first-order valence-electron chi connectivity index (χ1n) is 3.57. The second-order valence-electron chi connectivity index (χ2n) is 2.71. The van der Waals surface area contributed by atoms with Crippen molar-refractivity contribution >= 4 is 0 Å². The summed E-state index contributed by atoms with van der Waals surface area (Å²) in [7, 11) is 1.31. The molecule has 0 atom stereocenters. The maximum atomic E-state index is 12.7. The standard InChI is InChI=1S/C8H9F2NO2/c1-11(13)4-5-2-6(9)3-7(10)8(5)12/h2-3,12-13H,4H2,1H3. The molecule has 1 rings (SSSR count). The van der Waals surface area contributed by atoms with E-state index in [1.165, 1.54) is 7.05 Å². The van der Waals surface area contributed by atoms with E-state index in [4.69, 9.17) is 10.3 Å². The molecule has 0 saturated carbocycles. The highest BCUT2D eigenvalue weighted by Crippen LogP contribution is 2.23. The second-order valence-corrected chi connectivity index (χ2v) is 2.71. The van der Waals surface area contributed by atoms with E-state index in [0.29, 0.717) is 11.1 Å². The molecule has 0 aliphatic carbocycles. The number of phenols is 1. The molecule has 0 unspecified atom stereocenters. The van der Waals surface area contributed by atoms with E-state index < -0.39 is 17.4 Å². The van der Waals surface area contributed by atoms with Gasteiger partial charge in [0, 0.05) is 18.7 Å². The first-order chi connectivity index (χ1) is 6.00. The van der Waals surface area contributed by atoms with Crippen molar-refractivity contribution in [1.82, 2.24) is 5.06 Å². The number of rotatable bonds is 2. The summed E-state index contributed by atoms with van der Waals surface area (Å²) in [5.41, 5.74) is 0.00231. The quantitative estimate of drug-likeness (QED) is 0.693. The van der Waals surface area contributed by atoms with E-state index >= 15 is 0 Å². The predicted octanol–water partition coefficient (Wildman–Crippen LogP) is 1.49. The number of hydroxylamine groups is 2. The molecule has 0 amide bonds. The maximum absolute atomic E-state index is 12.7. The van der Waals surface area contributed by atoms with Crippen molar-refractivity contribution in [1.29, 1.82) is 0 Å². The summed E-state index contributed by atoms with van der Waals surface area (Å²) >= 11 is 0. The van der Waals surface area contributed by atoms with Gasteiger partial charge in [-0.3, -0.25) is 0 Å². The van der Waals surface area contributed by atoms with Gasteiger partial charge in [-0.15, -0.1) is 0 Å². The Morgan fingerprint density at radius 3 is 2.54 bits per heavy atom. The Hall–Kier alpha value is -1.20. The molecule has 72 valence electrons. The van der Waals surface area contributed by atoms with E-state index in [1.54, 1.807) is 0 Å². The fraction of sp³-hybridized carbons (Fsp3) is 0.250. The largest absolute Gasteiger partial charge is 0.505 e. The van der Waals surface area contributed by atoms with E-state index in [-0.39, 0.29) is 12.1 Å². The number of aromatic hydroxyl groups is 1. The van der Waals surface area contributed by atoms with Gasteiger partial charge >= 0.3 is 0 Å². The van der Waals surface area contributed by atoms with Crippen LogP contribution in [-0.2, 0) is 6.54 Å². The molecule has 0 fully saturated rings. The number of phenolic OH excluding ortho intramolecular Hbond substituents is 1. The molecule has 0 bridgehead atoms. The highest BCUT2D eigenvalue weighted by molar-refractivity contribution is 5.33. The van der Waals surface area contributed by atoms with Crippen molar-refractivity contribution in [2.24, 2.45) is 0 Å². The van der Waals surface area contributed by atoms with Crippen molar-refractivity contribution in [3.63, 3.8) is 0 Å². The monoisotopic (exact) mass is 189 g/mol. The third-order valence-corrected chi connectivity index (χ3v) is 1.51. The molecular formula is C8H9F2NO2. The van der Waals surface area contributed by atoms with Gasteiger partial charge in [0.2, 0.25) is 0 Å². The van der Waals surface area contributed by atoms with Crippen LogP contribution in [-0.4, -0.2) is 22.4 Å². The number of benzene rings is 1. The zero-order valence-electron chi connectivity index (χ0n) is 6.96. The zero-order valence-corrected chi connectivity index (χ0v) is 6.96. The molecule has 0 saturated heterocycles. The number of hydrogen-bond donors (Lipinski definition) is 2. The van der Waals surface area contributed by atoms with Crippen molar-refractivity contribution in [2.45, 2.75) is 6.54 Å². The van der Waals surface area contributed by atoms with Crippen LogP contribution in [0.15, 0.2) is 12.1 Å². The van der Waals surface area contributed by atoms with E-state index in [0.717, 1.165) is 6.07 Å². The van der Waals surface area contributed by atoms with Crippen molar-refractivity contribution < 1.29 is 19.1 Å². The minimum atomic E-state index is -1.03. The molecule has 1 aromatic rings. The molecule has 5 heteroatoms. The number of halogens is 2. The molecule has 0 aliphatic rings. The lowest BCUT2D eigenvalue weighted by atomic mass is 10.2. The fourth-order valence-electron chi connectivity index (χ4n) is 0.986. The minimum Gasteiger partial charge on any atom is -0.505 e. The first-order valence-corrected chi connectivity index (χ1v) is 3.57. The van der Waals surface area contributed by atoms with Gasteiger partial charge in [0.1, 0.15) is 5.82 Å². The van der Waals surface area contributed by atoms with Gasteiger partial charge in [-0.2, -0.15) is 5.06 Å².